The lowest BCUT2D eigenvalue weighted by Crippen LogP contribution is -2.38. The first-order chi connectivity index (χ1) is 15.7. The van der Waals surface area contributed by atoms with Crippen molar-refractivity contribution in [2.45, 2.75) is 32.7 Å². The number of guanidine groups is 1. The summed E-state index contributed by atoms with van der Waals surface area (Å²) < 4.78 is 5.29. The summed E-state index contributed by atoms with van der Waals surface area (Å²) in [5, 5.41) is 10.6. The number of aliphatic imine (C=N–C) groups is 1. The molecule has 0 atom stereocenters. The number of nitrogens with one attached hydrogen (secondary N) is 2. The smallest absolute Gasteiger partial charge is 0.276 e. The van der Waals surface area contributed by atoms with Crippen molar-refractivity contribution in [2.24, 2.45) is 4.99 Å². The number of halogens is 1. The first-order valence-corrected chi connectivity index (χ1v) is 10.9. The normalized spacial score (nSPS) is 13.7. The molecule has 174 valence electrons. The van der Waals surface area contributed by atoms with Gasteiger partial charge in [-0.25, -0.2) is 4.99 Å². The van der Waals surface area contributed by atoms with Crippen molar-refractivity contribution in [1.82, 2.24) is 25.8 Å². The summed E-state index contributed by atoms with van der Waals surface area (Å²) in [5.74, 6) is 1.95. The number of aromatic nitrogens is 3. The van der Waals surface area contributed by atoms with Crippen LogP contribution in [0.2, 0.25) is 0 Å². The third kappa shape index (κ3) is 6.73. The van der Waals surface area contributed by atoms with Gasteiger partial charge < -0.3 is 20.1 Å². The first kappa shape index (κ1) is 24.6. The van der Waals surface area contributed by atoms with Crippen molar-refractivity contribution in [3.8, 4) is 11.6 Å². The van der Waals surface area contributed by atoms with Crippen LogP contribution in [0.5, 0.6) is 0 Å². The molecule has 0 spiro atoms. The van der Waals surface area contributed by atoms with Crippen LogP contribution < -0.4 is 15.5 Å². The second kappa shape index (κ2) is 12.3. The summed E-state index contributed by atoms with van der Waals surface area (Å²) in [4.78, 5) is 27.0. The second-order valence-corrected chi connectivity index (χ2v) is 7.42. The maximum Gasteiger partial charge on any atom is 0.276 e. The molecule has 0 radical (unpaired) electrons. The zero-order valence-corrected chi connectivity index (χ0v) is 20.9. The summed E-state index contributed by atoms with van der Waals surface area (Å²) in [6.07, 6.45) is 3.85. The molecule has 1 fully saturated rings. The van der Waals surface area contributed by atoms with Crippen molar-refractivity contribution in [3.63, 3.8) is 0 Å². The lowest BCUT2D eigenvalue weighted by molar-refractivity contribution is -0.117. The fourth-order valence-corrected chi connectivity index (χ4v) is 3.46. The molecule has 2 aromatic heterocycles. The van der Waals surface area contributed by atoms with Crippen molar-refractivity contribution in [1.29, 1.82) is 0 Å². The standard InChI is InChI=1S/C23H27N7O2.HI/c1-2-24-23(26-14-12-20-28-22(32-29-20)19-6-3-4-13-25-19)27-16-17-8-10-18(11-9-17)30-15-5-7-21(30)31;/h3-4,6,8-11,13H,2,5,7,12,14-16H2,1H3,(H2,24,26,27);1H. The summed E-state index contributed by atoms with van der Waals surface area (Å²) in [6.45, 7) is 4.73. The number of rotatable bonds is 8. The fraction of sp³-hybridized carbons (Fsp3) is 0.348. The summed E-state index contributed by atoms with van der Waals surface area (Å²) in [7, 11) is 0. The van der Waals surface area contributed by atoms with Gasteiger partial charge in [0.2, 0.25) is 5.91 Å². The molecule has 2 N–H and O–H groups in total. The summed E-state index contributed by atoms with van der Waals surface area (Å²) in [5.41, 5.74) is 2.69. The van der Waals surface area contributed by atoms with Gasteiger partial charge in [-0.1, -0.05) is 23.4 Å². The SMILES string of the molecule is CCNC(=NCc1ccc(N2CCCC2=O)cc1)NCCc1noc(-c2ccccn2)n1.I. The van der Waals surface area contributed by atoms with Crippen molar-refractivity contribution >= 4 is 41.5 Å². The van der Waals surface area contributed by atoms with Gasteiger partial charge >= 0.3 is 0 Å². The van der Waals surface area contributed by atoms with Gasteiger partial charge in [-0.2, -0.15) is 4.98 Å². The zero-order chi connectivity index (χ0) is 22.2. The molecule has 33 heavy (non-hydrogen) atoms. The number of hydrogen-bond acceptors (Lipinski definition) is 6. The van der Waals surface area contributed by atoms with Crippen molar-refractivity contribution < 1.29 is 9.32 Å². The molecule has 0 saturated carbocycles. The monoisotopic (exact) mass is 561 g/mol. The fourth-order valence-electron chi connectivity index (χ4n) is 3.46. The molecule has 3 aromatic rings. The quantitative estimate of drug-likeness (QED) is 0.247. The Morgan fingerprint density at radius 1 is 1.18 bits per heavy atom. The van der Waals surface area contributed by atoms with Gasteiger partial charge in [0, 0.05) is 44.4 Å². The van der Waals surface area contributed by atoms with Gasteiger partial charge in [-0.3, -0.25) is 9.78 Å². The van der Waals surface area contributed by atoms with Gasteiger partial charge in [0.15, 0.2) is 11.8 Å². The predicted molar refractivity (Wildman–Crippen MR) is 137 cm³/mol. The number of pyridine rings is 1. The Kier molecular flexibility index (Phi) is 9.16. The number of carbonyl (C=O) groups is 1. The Morgan fingerprint density at radius 2 is 2.03 bits per heavy atom. The molecule has 1 aliphatic heterocycles. The van der Waals surface area contributed by atoms with E-state index in [1.165, 1.54) is 0 Å². The molecule has 0 bridgehead atoms. The number of anilines is 1. The van der Waals surface area contributed by atoms with E-state index in [2.05, 4.69) is 30.8 Å². The Bertz CT molecular complexity index is 1050. The van der Waals surface area contributed by atoms with Gasteiger partial charge in [-0.15, -0.1) is 24.0 Å². The molecule has 0 aliphatic carbocycles. The van der Waals surface area contributed by atoms with Crippen LogP contribution >= 0.6 is 24.0 Å². The van der Waals surface area contributed by atoms with E-state index >= 15 is 0 Å². The number of nitrogens with zero attached hydrogens (tertiary/aromatic N) is 5. The summed E-state index contributed by atoms with van der Waals surface area (Å²) in [6, 6.07) is 13.6. The van der Waals surface area contributed by atoms with Crippen LogP contribution in [0.4, 0.5) is 5.69 Å². The maximum absolute atomic E-state index is 11.9. The van der Waals surface area contributed by atoms with Crippen LogP contribution in [0.3, 0.4) is 0 Å². The van der Waals surface area contributed by atoms with Gasteiger partial charge in [0.25, 0.3) is 5.89 Å². The highest BCUT2D eigenvalue weighted by atomic mass is 127. The average molecular weight is 561 g/mol. The van der Waals surface area contributed by atoms with Crippen LogP contribution in [0, 0.1) is 0 Å². The molecule has 10 heteroatoms. The molecule has 1 aliphatic rings. The summed E-state index contributed by atoms with van der Waals surface area (Å²) >= 11 is 0. The lowest BCUT2D eigenvalue weighted by Gasteiger charge is -2.15. The molecule has 3 heterocycles. The van der Waals surface area contributed by atoms with E-state index in [1.54, 1.807) is 6.20 Å². The van der Waals surface area contributed by atoms with Crippen LogP contribution in [-0.4, -0.2) is 46.6 Å². The highest BCUT2D eigenvalue weighted by Crippen LogP contribution is 2.21. The Hall–Kier alpha value is -3.02. The molecule has 9 nitrogen and oxygen atoms in total. The molecule has 1 saturated heterocycles. The molecule has 1 aromatic carbocycles. The van der Waals surface area contributed by atoms with Gasteiger partial charge in [0.1, 0.15) is 5.69 Å². The molecule has 0 unspecified atom stereocenters. The van der Waals surface area contributed by atoms with Crippen LogP contribution in [0.25, 0.3) is 11.6 Å². The molecular formula is C23H28IN7O2. The topological polar surface area (TPSA) is 109 Å². The van der Waals surface area contributed by atoms with Crippen molar-refractivity contribution in [3.05, 3.63) is 60.0 Å². The van der Waals surface area contributed by atoms with E-state index in [0.29, 0.717) is 43.3 Å². The lowest BCUT2D eigenvalue weighted by atomic mass is 10.2. The Morgan fingerprint density at radius 3 is 2.73 bits per heavy atom. The van der Waals surface area contributed by atoms with E-state index < -0.39 is 0 Å². The van der Waals surface area contributed by atoms with Crippen LogP contribution in [0.1, 0.15) is 31.2 Å². The van der Waals surface area contributed by atoms with Crippen LogP contribution in [0.15, 0.2) is 58.2 Å². The third-order valence-corrected chi connectivity index (χ3v) is 5.08. The highest BCUT2D eigenvalue weighted by molar-refractivity contribution is 14.0. The maximum atomic E-state index is 11.9. The number of amides is 1. The minimum absolute atomic E-state index is 0. The third-order valence-electron chi connectivity index (χ3n) is 5.08. The predicted octanol–water partition coefficient (Wildman–Crippen LogP) is 3.17. The van der Waals surface area contributed by atoms with E-state index in [9.17, 15) is 4.79 Å². The van der Waals surface area contributed by atoms with E-state index in [4.69, 9.17) is 4.52 Å². The van der Waals surface area contributed by atoms with E-state index in [1.807, 2.05) is 54.3 Å². The Balaban J connectivity index is 0.00000306. The van der Waals surface area contributed by atoms with Crippen LogP contribution in [-0.2, 0) is 17.8 Å². The molecule has 4 rings (SSSR count). The first-order valence-electron chi connectivity index (χ1n) is 10.9. The second-order valence-electron chi connectivity index (χ2n) is 7.42. The molecular weight excluding hydrogens is 533 g/mol. The number of hydrogen-bond donors (Lipinski definition) is 2. The molecule has 1 amide bonds. The number of benzene rings is 1. The minimum atomic E-state index is 0. The Labute approximate surface area is 210 Å². The highest BCUT2D eigenvalue weighted by Gasteiger charge is 2.21. The van der Waals surface area contributed by atoms with E-state index in [-0.39, 0.29) is 29.9 Å². The van der Waals surface area contributed by atoms with Gasteiger partial charge in [0.05, 0.1) is 6.54 Å². The van der Waals surface area contributed by atoms with E-state index in [0.717, 1.165) is 36.7 Å². The zero-order valence-electron chi connectivity index (χ0n) is 18.5. The van der Waals surface area contributed by atoms with Crippen molar-refractivity contribution in [2.75, 3.05) is 24.5 Å². The minimum Gasteiger partial charge on any atom is -0.357 e. The average Bonchev–Trinajstić information content (AvgIpc) is 3.48. The number of carbonyl (C=O) groups excluding carboxylic acids is 1. The largest absolute Gasteiger partial charge is 0.357 e. The van der Waals surface area contributed by atoms with Gasteiger partial charge in [-0.05, 0) is 43.2 Å².